The van der Waals surface area contributed by atoms with Crippen LogP contribution < -0.4 is 16.4 Å². The number of hydrogen-bond donors (Lipinski definition) is 6. The lowest BCUT2D eigenvalue weighted by atomic mass is 10.1. The Balaban J connectivity index is 4.30. The first-order chi connectivity index (χ1) is 13.7. The molecule has 0 radical (unpaired) electrons. The maximum Gasteiger partial charge on any atom is 0.326 e. The fourth-order valence-electron chi connectivity index (χ4n) is 2.73. The highest BCUT2D eigenvalue weighted by atomic mass is 16.4. The molecular weight excluding hydrogens is 382 g/mol. The van der Waals surface area contributed by atoms with Crippen LogP contribution in [-0.2, 0) is 19.2 Å². The van der Waals surface area contributed by atoms with Crippen molar-refractivity contribution in [3.8, 4) is 0 Å². The summed E-state index contributed by atoms with van der Waals surface area (Å²) in [4.78, 5) is 45.9. The lowest BCUT2D eigenvalue weighted by molar-refractivity contribution is -0.142. The van der Waals surface area contributed by atoms with Crippen LogP contribution in [0.15, 0.2) is 0 Å². The lowest BCUT2D eigenvalue weighted by Gasteiger charge is -2.18. The van der Waals surface area contributed by atoms with Crippen molar-refractivity contribution < 1.29 is 34.5 Å². The van der Waals surface area contributed by atoms with Crippen LogP contribution in [0.5, 0.6) is 0 Å². The molecule has 0 heterocycles. The van der Waals surface area contributed by atoms with Crippen molar-refractivity contribution in [3.05, 3.63) is 0 Å². The summed E-state index contributed by atoms with van der Waals surface area (Å²) in [5, 5.41) is 32.3. The minimum Gasteiger partial charge on any atom is -0.480 e. The van der Waals surface area contributed by atoms with Crippen LogP contribution >= 0.6 is 0 Å². The third kappa shape index (κ3) is 13.6. The summed E-state index contributed by atoms with van der Waals surface area (Å²) in [6, 6.07) is -2.72. The summed E-state index contributed by atoms with van der Waals surface area (Å²) >= 11 is 0. The summed E-state index contributed by atoms with van der Waals surface area (Å²) in [5.74, 6) is -3.12. The van der Waals surface area contributed by atoms with E-state index < -0.39 is 36.0 Å². The Morgan fingerprint density at radius 2 is 1.48 bits per heavy atom. The molecule has 0 aromatic carbocycles. The summed E-state index contributed by atoms with van der Waals surface area (Å²) in [6.45, 7) is 1.73. The normalized spacial score (nSPS) is 13.9. The van der Waals surface area contributed by atoms with Gasteiger partial charge < -0.3 is 31.7 Å². The van der Waals surface area contributed by atoms with Crippen LogP contribution in [0.3, 0.4) is 0 Å². The van der Waals surface area contributed by atoms with Crippen molar-refractivity contribution in [1.29, 1.82) is 0 Å². The number of carboxylic acids is 2. The van der Waals surface area contributed by atoms with Gasteiger partial charge in [0.15, 0.2) is 0 Å². The Morgan fingerprint density at radius 3 is 2.03 bits per heavy atom. The number of aliphatic hydroxyl groups excluding tert-OH is 1. The quantitative estimate of drug-likeness (QED) is 0.184. The number of rotatable bonds is 17. The van der Waals surface area contributed by atoms with Crippen LogP contribution in [0.1, 0.15) is 71.1 Å². The van der Waals surface area contributed by atoms with Crippen LogP contribution in [0, 0.1) is 0 Å². The number of nitrogens with one attached hydrogen (secondary N) is 2. The predicted octanol–water partition coefficient (Wildman–Crippen LogP) is 0.366. The molecule has 0 aliphatic rings. The molecular formula is C19H35N3O7. The van der Waals surface area contributed by atoms with Crippen molar-refractivity contribution in [2.24, 2.45) is 5.73 Å². The number of aliphatic hydroxyl groups is 1. The van der Waals surface area contributed by atoms with E-state index in [2.05, 4.69) is 17.6 Å². The van der Waals surface area contributed by atoms with Gasteiger partial charge in [0.2, 0.25) is 11.8 Å². The molecule has 0 rings (SSSR count). The first kappa shape index (κ1) is 26.8. The molecule has 0 saturated heterocycles. The second-order valence-corrected chi connectivity index (χ2v) is 7.13. The number of carboxylic acid groups (broad SMARTS) is 2. The highest BCUT2D eigenvalue weighted by Crippen LogP contribution is 2.06. The van der Waals surface area contributed by atoms with E-state index in [1.165, 1.54) is 0 Å². The number of carbonyl (C=O) groups is 4. The Bertz CT molecular complexity index is 528. The smallest absolute Gasteiger partial charge is 0.326 e. The first-order valence-electron chi connectivity index (χ1n) is 10.1. The van der Waals surface area contributed by atoms with Crippen LogP contribution in [-0.4, -0.2) is 63.8 Å². The van der Waals surface area contributed by atoms with E-state index in [1.807, 2.05) is 0 Å². The second kappa shape index (κ2) is 15.7. The SMILES string of the molecule is CCCCCCC(=O)N[C@H](CCC(=O)N[C@H](CO)CCC[C@@H](N)C(=O)O)C(=O)O. The Morgan fingerprint density at radius 1 is 0.828 bits per heavy atom. The second-order valence-electron chi connectivity index (χ2n) is 7.13. The fraction of sp³-hybridized carbons (Fsp3) is 0.789. The lowest BCUT2D eigenvalue weighted by Crippen LogP contribution is -2.43. The molecule has 0 aliphatic heterocycles. The molecule has 10 nitrogen and oxygen atoms in total. The standard InChI is InChI=1S/C19H35N3O7/c1-2-3-4-5-9-16(24)22-15(19(28)29)10-11-17(25)21-13(12-23)7-6-8-14(20)18(26)27/h13-15,23H,2-12,20H2,1H3,(H,21,25)(H,22,24)(H,26,27)(H,28,29)/t13-,14+,15+/m0/s1. The number of carbonyl (C=O) groups excluding carboxylic acids is 2. The molecule has 0 bridgehead atoms. The van der Waals surface area contributed by atoms with Gasteiger partial charge in [-0.25, -0.2) is 4.79 Å². The van der Waals surface area contributed by atoms with Crippen molar-refractivity contribution in [3.63, 3.8) is 0 Å². The zero-order chi connectivity index (χ0) is 22.2. The highest BCUT2D eigenvalue weighted by Gasteiger charge is 2.22. The van der Waals surface area contributed by atoms with E-state index in [0.29, 0.717) is 19.3 Å². The fourth-order valence-corrected chi connectivity index (χ4v) is 2.73. The van der Waals surface area contributed by atoms with Gasteiger partial charge in [-0.05, 0) is 32.1 Å². The summed E-state index contributed by atoms with van der Waals surface area (Å²) < 4.78 is 0. The van der Waals surface area contributed by atoms with E-state index >= 15 is 0 Å². The molecule has 168 valence electrons. The summed E-state index contributed by atoms with van der Waals surface area (Å²) in [7, 11) is 0. The number of nitrogens with two attached hydrogens (primary N) is 1. The largest absolute Gasteiger partial charge is 0.480 e. The first-order valence-corrected chi connectivity index (χ1v) is 10.1. The van der Waals surface area contributed by atoms with Crippen LogP contribution in [0.25, 0.3) is 0 Å². The van der Waals surface area contributed by atoms with Gasteiger partial charge in [0.05, 0.1) is 12.6 Å². The molecule has 0 fully saturated rings. The molecule has 3 atom stereocenters. The van der Waals surface area contributed by atoms with E-state index in [9.17, 15) is 29.4 Å². The van der Waals surface area contributed by atoms with E-state index in [-0.39, 0.29) is 38.2 Å². The Hall–Kier alpha value is -2.20. The zero-order valence-corrected chi connectivity index (χ0v) is 17.1. The van der Waals surface area contributed by atoms with Gasteiger partial charge in [0.1, 0.15) is 12.1 Å². The minimum absolute atomic E-state index is 0.0656. The Labute approximate surface area is 171 Å². The van der Waals surface area contributed by atoms with Crippen molar-refractivity contribution >= 4 is 23.8 Å². The van der Waals surface area contributed by atoms with Gasteiger partial charge in [0, 0.05) is 12.8 Å². The molecule has 29 heavy (non-hydrogen) atoms. The van der Waals surface area contributed by atoms with Gasteiger partial charge in [-0.2, -0.15) is 0 Å². The summed E-state index contributed by atoms with van der Waals surface area (Å²) in [5.41, 5.74) is 5.40. The van der Waals surface area contributed by atoms with Crippen molar-refractivity contribution in [2.45, 2.75) is 89.3 Å². The number of aliphatic carboxylic acids is 2. The number of hydrogen-bond acceptors (Lipinski definition) is 6. The molecule has 7 N–H and O–H groups in total. The molecule has 0 aliphatic carbocycles. The zero-order valence-electron chi connectivity index (χ0n) is 17.1. The molecule has 0 unspecified atom stereocenters. The van der Waals surface area contributed by atoms with E-state index in [0.717, 1.165) is 19.3 Å². The van der Waals surface area contributed by atoms with E-state index in [4.69, 9.17) is 10.8 Å². The Kier molecular flexibility index (Phi) is 14.5. The third-order valence-corrected chi connectivity index (χ3v) is 4.52. The third-order valence-electron chi connectivity index (χ3n) is 4.52. The van der Waals surface area contributed by atoms with Crippen molar-refractivity contribution in [1.82, 2.24) is 10.6 Å². The molecule has 10 heteroatoms. The summed E-state index contributed by atoms with van der Waals surface area (Å²) in [6.07, 6.45) is 4.68. The molecule has 0 saturated carbocycles. The van der Waals surface area contributed by atoms with Gasteiger partial charge >= 0.3 is 11.9 Å². The predicted molar refractivity (Wildman–Crippen MR) is 106 cm³/mol. The highest BCUT2D eigenvalue weighted by molar-refractivity contribution is 5.84. The molecule has 2 amide bonds. The van der Waals surface area contributed by atoms with Crippen LogP contribution in [0.4, 0.5) is 0 Å². The maximum atomic E-state index is 12.0. The van der Waals surface area contributed by atoms with Crippen LogP contribution in [0.2, 0.25) is 0 Å². The van der Waals surface area contributed by atoms with Gasteiger partial charge in [0.25, 0.3) is 0 Å². The number of unbranched alkanes of at least 4 members (excludes halogenated alkanes) is 3. The molecule has 0 spiro atoms. The topological polar surface area (TPSA) is 179 Å². The van der Waals surface area contributed by atoms with Gasteiger partial charge in [-0.3, -0.25) is 14.4 Å². The van der Waals surface area contributed by atoms with Crippen molar-refractivity contribution in [2.75, 3.05) is 6.61 Å². The average Bonchev–Trinajstić information content (AvgIpc) is 2.67. The molecule has 0 aromatic rings. The molecule has 0 aromatic heterocycles. The number of amides is 2. The van der Waals surface area contributed by atoms with Gasteiger partial charge in [-0.15, -0.1) is 0 Å². The monoisotopic (exact) mass is 417 g/mol. The minimum atomic E-state index is -1.21. The van der Waals surface area contributed by atoms with E-state index in [1.54, 1.807) is 0 Å². The average molecular weight is 418 g/mol. The maximum absolute atomic E-state index is 12.0. The van der Waals surface area contributed by atoms with Gasteiger partial charge in [-0.1, -0.05) is 26.2 Å².